The summed E-state index contributed by atoms with van der Waals surface area (Å²) in [5.41, 5.74) is 2.64. The lowest BCUT2D eigenvalue weighted by atomic mass is 10.0. The molecule has 46 heavy (non-hydrogen) atoms. The molecule has 0 saturated carbocycles. The van der Waals surface area contributed by atoms with Gasteiger partial charge in [-0.05, 0) is 44.2 Å². The number of halogens is 1. The summed E-state index contributed by atoms with van der Waals surface area (Å²) in [4.78, 5) is 42.0. The maximum atomic E-state index is 13.1. The Morgan fingerprint density at radius 3 is 2.50 bits per heavy atom. The molecule has 2 rings (SSSR count). The number of nitrogens with zero attached hydrogens (tertiary/aromatic N) is 4. The number of hydrogen-bond acceptors (Lipinski definition) is 10. The molecule has 1 aromatic rings. The van der Waals surface area contributed by atoms with Gasteiger partial charge in [0, 0.05) is 50.1 Å². The Kier molecular flexibility index (Phi) is 18.4. The van der Waals surface area contributed by atoms with E-state index in [0.29, 0.717) is 81.2 Å². The van der Waals surface area contributed by atoms with Gasteiger partial charge < -0.3 is 30.0 Å². The van der Waals surface area contributed by atoms with E-state index in [1.807, 2.05) is 24.5 Å². The van der Waals surface area contributed by atoms with E-state index in [1.54, 1.807) is 23.9 Å². The van der Waals surface area contributed by atoms with Gasteiger partial charge >= 0.3 is 0 Å². The summed E-state index contributed by atoms with van der Waals surface area (Å²) >= 11 is 7.89. The Bertz CT molecular complexity index is 1320. The van der Waals surface area contributed by atoms with Gasteiger partial charge in [-0.3, -0.25) is 19.4 Å². The SMILES string of the molecule is C=C(/C=C\C(Cl)=C/C)/C1=N/[C@@H](CC(=O)NCCOCCOCCC(=O)CNCCNC(C)=O)c2nnc(C)n2CS/C(C)=C(/C)C1. The van der Waals surface area contributed by atoms with Crippen molar-refractivity contribution in [1.82, 2.24) is 30.7 Å². The number of carbonyl (C=O) groups excluding carboxylic acids is 3. The molecule has 0 unspecified atom stereocenters. The van der Waals surface area contributed by atoms with Crippen molar-refractivity contribution in [2.75, 3.05) is 52.6 Å². The van der Waals surface area contributed by atoms with Crippen LogP contribution in [0.25, 0.3) is 0 Å². The number of allylic oxidation sites excluding steroid dienone is 7. The first-order valence-corrected chi connectivity index (χ1v) is 16.7. The van der Waals surface area contributed by atoms with Gasteiger partial charge in [0.15, 0.2) is 5.82 Å². The molecule has 1 aliphatic heterocycles. The highest BCUT2D eigenvalue weighted by molar-refractivity contribution is 8.02. The third-order valence-electron chi connectivity index (χ3n) is 6.95. The third kappa shape index (κ3) is 15.0. The average Bonchev–Trinajstić information content (AvgIpc) is 3.39. The molecule has 254 valence electrons. The molecule has 0 spiro atoms. The zero-order valence-electron chi connectivity index (χ0n) is 27.6. The maximum Gasteiger partial charge on any atom is 0.222 e. The maximum absolute atomic E-state index is 13.1. The molecule has 1 aromatic heterocycles. The van der Waals surface area contributed by atoms with Gasteiger partial charge in [-0.25, -0.2) is 0 Å². The molecular formula is C32H48ClN7O5S. The van der Waals surface area contributed by atoms with E-state index in [1.165, 1.54) is 17.4 Å². The number of ether oxygens (including phenoxy) is 2. The highest BCUT2D eigenvalue weighted by atomic mass is 35.5. The first-order chi connectivity index (χ1) is 22.0. The van der Waals surface area contributed by atoms with Crippen molar-refractivity contribution in [2.45, 2.75) is 65.8 Å². The molecule has 12 nitrogen and oxygen atoms in total. The van der Waals surface area contributed by atoms with Crippen molar-refractivity contribution in [3.8, 4) is 0 Å². The monoisotopic (exact) mass is 677 g/mol. The number of Topliss-reactive ketones (excluding diaryl/α,β-unsaturated/α-hetero) is 1. The Labute approximate surface area is 281 Å². The van der Waals surface area contributed by atoms with E-state index < -0.39 is 6.04 Å². The second-order valence-electron chi connectivity index (χ2n) is 10.7. The molecule has 0 saturated heterocycles. The second-order valence-corrected chi connectivity index (χ2v) is 12.3. The number of fused-ring (bicyclic) bond motifs is 1. The van der Waals surface area contributed by atoms with Crippen molar-refractivity contribution in [3.63, 3.8) is 0 Å². The summed E-state index contributed by atoms with van der Waals surface area (Å²) in [5, 5.41) is 17.8. The molecule has 2 heterocycles. The molecule has 0 aromatic carbocycles. The van der Waals surface area contributed by atoms with Crippen LogP contribution in [0.1, 0.15) is 64.6 Å². The third-order valence-corrected chi connectivity index (χ3v) is 8.46. The number of ketones is 1. The summed E-state index contributed by atoms with van der Waals surface area (Å²) in [6.45, 7) is 16.5. The standard InChI is InChI=1S/C32H48ClN7O5S/c1-7-27(33)9-8-22(2)29-18-23(3)24(4)46-21-40-25(5)38-39-32(40)30(37-29)19-31(43)36-13-15-45-17-16-44-14-10-28(42)20-34-11-12-35-26(6)41/h7-9,30,34H,2,10-21H2,1,3-6H3,(H,35,41)(H,36,43)/b9-8-,24-23-,27-7+,37-29+/t30-/m0/s1. The molecule has 0 bridgehead atoms. The zero-order valence-corrected chi connectivity index (χ0v) is 29.2. The van der Waals surface area contributed by atoms with Crippen molar-refractivity contribution < 1.29 is 23.9 Å². The molecule has 1 atom stereocenters. The van der Waals surface area contributed by atoms with Crippen LogP contribution in [0.2, 0.25) is 0 Å². The first kappa shape index (κ1) is 39.1. The highest BCUT2D eigenvalue weighted by Gasteiger charge is 2.25. The molecular weight excluding hydrogens is 630 g/mol. The van der Waals surface area contributed by atoms with Crippen LogP contribution in [0.3, 0.4) is 0 Å². The lowest BCUT2D eigenvalue weighted by Gasteiger charge is -2.20. The van der Waals surface area contributed by atoms with Gasteiger partial charge in [0.2, 0.25) is 11.8 Å². The topological polar surface area (TPSA) is 149 Å². The van der Waals surface area contributed by atoms with Crippen LogP contribution < -0.4 is 16.0 Å². The number of nitrogens with one attached hydrogen (secondary N) is 3. The van der Waals surface area contributed by atoms with Crippen LogP contribution in [0.5, 0.6) is 0 Å². The molecule has 0 radical (unpaired) electrons. The van der Waals surface area contributed by atoms with Crippen molar-refractivity contribution in [3.05, 3.63) is 57.5 Å². The highest BCUT2D eigenvalue weighted by Crippen LogP contribution is 2.31. The van der Waals surface area contributed by atoms with Gasteiger partial charge in [-0.1, -0.05) is 35.9 Å². The molecule has 1 aliphatic rings. The van der Waals surface area contributed by atoms with E-state index in [-0.39, 0.29) is 30.6 Å². The Morgan fingerprint density at radius 2 is 1.78 bits per heavy atom. The summed E-state index contributed by atoms with van der Waals surface area (Å²) in [6.07, 6.45) is 6.38. The molecule has 14 heteroatoms. The van der Waals surface area contributed by atoms with Gasteiger partial charge in [-0.2, -0.15) is 0 Å². The predicted octanol–water partition coefficient (Wildman–Crippen LogP) is 3.94. The smallest absolute Gasteiger partial charge is 0.222 e. The Morgan fingerprint density at radius 1 is 1.04 bits per heavy atom. The number of hydrogen-bond donors (Lipinski definition) is 3. The van der Waals surface area contributed by atoms with Gasteiger partial charge in [0.1, 0.15) is 17.6 Å². The lowest BCUT2D eigenvalue weighted by Crippen LogP contribution is -2.33. The molecule has 0 aliphatic carbocycles. The summed E-state index contributed by atoms with van der Waals surface area (Å²) < 4.78 is 13.1. The second kappa shape index (κ2) is 21.6. The Hall–Kier alpha value is -3.10. The fourth-order valence-electron chi connectivity index (χ4n) is 4.12. The minimum Gasteiger partial charge on any atom is -0.379 e. The van der Waals surface area contributed by atoms with Crippen LogP contribution in [0.4, 0.5) is 0 Å². The average molecular weight is 678 g/mol. The molecule has 2 amide bonds. The van der Waals surface area contributed by atoms with Gasteiger partial charge in [0.25, 0.3) is 0 Å². The van der Waals surface area contributed by atoms with E-state index in [2.05, 4.69) is 46.6 Å². The normalized spacial score (nSPS) is 18.5. The number of aryl methyl sites for hydroxylation is 1. The minimum atomic E-state index is -0.560. The largest absolute Gasteiger partial charge is 0.379 e. The number of thioether (sulfide) groups is 1. The van der Waals surface area contributed by atoms with E-state index >= 15 is 0 Å². The molecule has 0 fully saturated rings. The summed E-state index contributed by atoms with van der Waals surface area (Å²) in [7, 11) is 0. The number of aliphatic imine (C=N–C) groups is 1. The number of aromatic nitrogens is 3. The van der Waals surface area contributed by atoms with E-state index in [0.717, 1.165) is 11.5 Å². The quantitative estimate of drug-likeness (QED) is 0.146. The van der Waals surface area contributed by atoms with Gasteiger partial charge in [-0.15, -0.1) is 22.0 Å². The lowest BCUT2D eigenvalue weighted by molar-refractivity contribution is -0.122. The fourth-order valence-corrected chi connectivity index (χ4v) is 5.15. The number of carbonyl (C=O) groups is 3. The number of amides is 2. The minimum absolute atomic E-state index is 0.0334. The van der Waals surface area contributed by atoms with Crippen LogP contribution >= 0.6 is 23.4 Å². The van der Waals surface area contributed by atoms with E-state index in [9.17, 15) is 14.4 Å². The van der Waals surface area contributed by atoms with Crippen LogP contribution in [-0.4, -0.2) is 90.7 Å². The predicted molar refractivity (Wildman–Crippen MR) is 184 cm³/mol. The van der Waals surface area contributed by atoms with Crippen LogP contribution in [-0.2, 0) is 29.7 Å². The van der Waals surface area contributed by atoms with Crippen LogP contribution in [0.15, 0.2) is 50.9 Å². The summed E-state index contributed by atoms with van der Waals surface area (Å²) in [6, 6.07) is -0.560. The van der Waals surface area contributed by atoms with Crippen molar-refractivity contribution in [1.29, 1.82) is 0 Å². The van der Waals surface area contributed by atoms with Crippen molar-refractivity contribution in [2.24, 2.45) is 4.99 Å². The molecule has 3 N–H and O–H groups in total. The van der Waals surface area contributed by atoms with Crippen molar-refractivity contribution >= 4 is 46.7 Å². The Balaban J connectivity index is 1.87. The van der Waals surface area contributed by atoms with E-state index in [4.69, 9.17) is 26.1 Å². The van der Waals surface area contributed by atoms with Gasteiger partial charge in [0.05, 0.1) is 45.3 Å². The van der Waals surface area contributed by atoms with Crippen LogP contribution in [0, 0.1) is 6.92 Å². The zero-order chi connectivity index (χ0) is 33.9. The number of rotatable bonds is 19. The first-order valence-electron chi connectivity index (χ1n) is 15.4. The fraction of sp³-hybridized carbons (Fsp3) is 0.562. The summed E-state index contributed by atoms with van der Waals surface area (Å²) in [5.74, 6) is 1.75.